The fourth-order valence-electron chi connectivity index (χ4n) is 1.41. The lowest BCUT2D eigenvalue weighted by molar-refractivity contribution is -0.136. The number of thioether (sulfide) groups is 1. The molecular weight excluding hydrogens is 260 g/mol. The van der Waals surface area contributed by atoms with Crippen LogP contribution in [0.15, 0.2) is 14.7 Å². The zero-order chi connectivity index (χ0) is 13.3. The number of nitrogens with zero attached hydrogens (tertiary/aromatic N) is 1. The third-order valence-corrected chi connectivity index (χ3v) is 3.50. The summed E-state index contributed by atoms with van der Waals surface area (Å²) in [6.07, 6.45) is 0.421. The van der Waals surface area contributed by atoms with Gasteiger partial charge in [-0.1, -0.05) is 18.7 Å². The first-order chi connectivity index (χ1) is 8.51. The van der Waals surface area contributed by atoms with E-state index >= 15 is 0 Å². The average molecular weight is 270 g/mol. The van der Waals surface area contributed by atoms with Crippen LogP contribution < -0.4 is 11.2 Å². The Morgan fingerprint density at radius 3 is 2.72 bits per heavy atom. The maximum atomic E-state index is 11.4. The Morgan fingerprint density at radius 1 is 1.39 bits per heavy atom. The van der Waals surface area contributed by atoms with Gasteiger partial charge < -0.3 is 10.1 Å². The van der Waals surface area contributed by atoms with Gasteiger partial charge >= 0.3 is 11.7 Å². The predicted molar refractivity (Wildman–Crippen MR) is 64.9 cm³/mol. The van der Waals surface area contributed by atoms with E-state index in [2.05, 4.69) is 19.9 Å². The molecule has 4 N–H and O–H groups in total. The van der Waals surface area contributed by atoms with Crippen molar-refractivity contribution < 1.29 is 9.90 Å². The molecule has 0 aliphatic rings. The number of carboxylic acid groups (broad SMARTS) is 1. The molecule has 2 aromatic heterocycles. The molecule has 8 nitrogen and oxygen atoms in total. The minimum Gasteiger partial charge on any atom is -0.480 e. The molecule has 1 unspecified atom stereocenters. The number of rotatable bonds is 4. The fourth-order valence-corrected chi connectivity index (χ4v) is 2.25. The van der Waals surface area contributed by atoms with Gasteiger partial charge in [0.1, 0.15) is 10.8 Å². The standard InChI is InChI=1S/C9H10N4O4S/c1-2-3(7(15)16)18-9-10-4-5(12-9)11-8(17)13-6(4)14/h3H,2H2,1H3,(H,15,16)(H3,10,11,12,13,14,17). The molecule has 0 amide bonds. The van der Waals surface area contributed by atoms with Gasteiger partial charge in [0, 0.05) is 0 Å². The molecule has 1 atom stereocenters. The highest BCUT2D eigenvalue weighted by Crippen LogP contribution is 2.23. The summed E-state index contributed by atoms with van der Waals surface area (Å²) in [5, 5.41) is 8.55. The minimum absolute atomic E-state index is 0.117. The van der Waals surface area contributed by atoms with E-state index in [1.165, 1.54) is 0 Å². The maximum Gasteiger partial charge on any atom is 0.327 e. The van der Waals surface area contributed by atoms with Crippen molar-refractivity contribution in [3.63, 3.8) is 0 Å². The normalized spacial score (nSPS) is 12.7. The van der Waals surface area contributed by atoms with Gasteiger partial charge in [-0.15, -0.1) is 0 Å². The topological polar surface area (TPSA) is 132 Å². The van der Waals surface area contributed by atoms with Gasteiger partial charge in [-0.2, -0.15) is 0 Å². The van der Waals surface area contributed by atoms with Crippen molar-refractivity contribution in [1.29, 1.82) is 0 Å². The molecular formula is C9H10N4O4S. The summed E-state index contributed by atoms with van der Waals surface area (Å²) in [6, 6.07) is 0. The van der Waals surface area contributed by atoms with Crippen LogP contribution in [0.25, 0.3) is 11.2 Å². The molecule has 2 rings (SSSR count). The van der Waals surface area contributed by atoms with Crippen molar-refractivity contribution in [2.75, 3.05) is 0 Å². The summed E-state index contributed by atoms with van der Waals surface area (Å²) in [6.45, 7) is 1.74. The first kappa shape index (κ1) is 12.4. The van der Waals surface area contributed by atoms with E-state index in [-0.39, 0.29) is 16.3 Å². The number of carboxylic acids is 1. The van der Waals surface area contributed by atoms with E-state index in [1.807, 2.05) is 0 Å². The number of nitrogens with one attached hydrogen (secondary N) is 3. The van der Waals surface area contributed by atoms with Gasteiger partial charge in [0.05, 0.1) is 0 Å². The molecule has 0 saturated carbocycles. The molecule has 18 heavy (non-hydrogen) atoms. The van der Waals surface area contributed by atoms with Gasteiger partial charge in [-0.05, 0) is 6.42 Å². The van der Waals surface area contributed by atoms with Crippen molar-refractivity contribution in [3.05, 3.63) is 20.8 Å². The maximum absolute atomic E-state index is 11.4. The second-order valence-electron chi connectivity index (χ2n) is 3.53. The van der Waals surface area contributed by atoms with E-state index in [9.17, 15) is 14.4 Å². The predicted octanol–water partition coefficient (Wildman–Crippen LogP) is -0.105. The average Bonchev–Trinajstić information content (AvgIpc) is 2.68. The Hall–Kier alpha value is -2.03. The summed E-state index contributed by atoms with van der Waals surface area (Å²) in [5.41, 5.74) is -0.999. The lowest BCUT2D eigenvalue weighted by Gasteiger charge is -2.05. The van der Waals surface area contributed by atoms with Crippen LogP contribution in [-0.2, 0) is 4.79 Å². The van der Waals surface area contributed by atoms with Crippen LogP contribution in [0.3, 0.4) is 0 Å². The van der Waals surface area contributed by atoms with Gasteiger partial charge in [-0.25, -0.2) is 9.78 Å². The van der Waals surface area contributed by atoms with Crippen LogP contribution in [0.4, 0.5) is 0 Å². The highest BCUT2D eigenvalue weighted by atomic mass is 32.2. The van der Waals surface area contributed by atoms with Crippen LogP contribution in [0.1, 0.15) is 13.3 Å². The molecule has 96 valence electrons. The summed E-state index contributed by atoms with van der Waals surface area (Å²) >= 11 is 0.996. The number of fused-ring (bicyclic) bond motifs is 1. The minimum atomic E-state index is -0.953. The molecule has 0 saturated heterocycles. The molecule has 2 aromatic rings. The molecule has 0 aliphatic carbocycles. The quantitative estimate of drug-likeness (QED) is 0.573. The number of carbonyl (C=O) groups is 1. The molecule has 0 spiro atoms. The smallest absolute Gasteiger partial charge is 0.327 e. The molecule has 0 aromatic carbocycles. The van der Waals surface area contributed by atoms with E-state index in [4.69, 9.17) is 5.11 Å². The molecule has 0 bridgehead atoms. The monoisotopic (exact) mass is 270 g/mol. The number of hydrogen-bond donors (Lipinski definition) is 4. The van der Waals surface area contributed by atoms with Crippen molar-refractivity contribution in [2.24, 2.45) is 0 Å². The van der Waals surface area contributed by atoms with Crippen LogP contribution in [-0.4, -0.2) is 36.3 Å². The Morgan fingerprint density at radius 2 is 2.11 bits per heavy atom. The Bertz CT molecular complexity index is 700. The Kier molecular flexibility index (Phi) is 3.24. The van der Waals surface area contributed by atoms with Crippen molar-refractivity contribution in [3.8, 4) is 0 Å². The zero-order valence-corrected chi connectivity index (χ0v) is 10.1. The van der Waals surface area contributed by atoms with Crippen LogP contribution in [0.5, 0.6) is 0 Å². The van der Waals surface area contributed by atoms with Crippen LogP contribution in [0.2, 0.25) is 0 Å². The van der Waals surface area contributed by atoms with Gasteiger partial charge in [-0.3, -0.25) is 19.6 Å². The van der Waals surface area contributed by atoms with E-state index in [0.29, 0.717) is 6.42 Å². The lowest BCUT2D eigenvalue weighted by Crippen LogP contribution is -2.21. The highest BCUT2D eigenvalue weighted by Gasteiger charge is 2.19. The highest BCUT2D eigenvalue weighted by molar-refractivity contribution is 8.00. The van der Waals surface area contributed by atoms with Gasteiger partial charge in [0.15, 0.2) is 10.8 Å². The van der Waals surface area contributed by atoms with Crippen molar-refractivity contribution in [2.45, 2.75) is 23.8 Å². The first-order valence-electron chi connectivity index (χ1n) is 5.13. The second-order valence-corrected chi connectivity index (χ2v) is 4.72. The number of aromatic amines is 3. The number of H-pyrrole nitrogens is 3. The zero-order valence-electron chi connectivity index (χ0n) is 9.31. The van der Waals surface area contributed by atoms with E-state index in [0.717, 1.165) is 11.8 Å². The van der Waals surface area contributed by atoms with Gasteiger partial charge in [0.25, 0.3) is 5.56 Å². The third-order valence-electron chi connectivity index (χ3n) is 2.27. The number of imidazole rings is 1. The third kappa shape index (κ3) is 2.30. The molecule has 2 heterocycles. The molecule has 0 fully saturated rings. The van der Waals surface area contributed by atoms with Crippen LogP contribution >= 0.6 is 11.8 Å². The Labute approximate surface area is 104 Å². The molecule has 0 aliphatic heterocycles. The number of hydrogen-bond acceptors (Lipinski definition) is 5. The van der Waals surface area contributed by atoms with Crippen molar-refractivity contribution >= 4 is 28.9 Å². The van der Waals surface area contributed by atoms with Crippen LogP contribution in [0, 0.1) is 0 Å². The number of aliphatic carboxylic acids is 1. The lowest BCUT2D eigenvalue weighted by atomic mass is 10.3. The summed E-state index contributed by atoms with van der Waals surface area (Å²) in [7, 11) is 0. The van der Waals surface area contributed by atoms with E-state index < -0.39 is 22.5 Å². The summed E-state index contributed by atoms with van der Waals surface area (Å²) in [4.78, 5) is 44.4. The second kappa shape index (κ2) is 4.69. The van der Waals surface area contributed by atoms with Gasteiger partial charge in [0.2, 0.25) is 0 Å². The first-order valence-corrected chi connectivity index (χ1v) is 6.01. The largest absolute Gasteiger partial charge is 0.480 e. The summed E-state index contributed by atoms with van der Waals surface area (Å²) < 4.78 is 0. The van der Waals surface area contributed by atoms with Crippen molar-refractivity contribution in [1.82, 2.24) is 19.9 Å². The number of aromatic nitrogens is 4. The molecule has 9 heteroatoms. The molecule has 0 radical (unpaired) electrons. The Balaban J connectivity index is 2.42. The summed E-state index contributed by atoms with van der Waals surface area (Å²) in [5.74, 6) is -0.953. The SMILES string of the molecule is CCC(Sc1nc2[nH]c(=O)[nH]c(=O)c2[nH]1)C(=O)O. The van der Waals surface area contributed by atoms with E-state index in [1.54, 1.807) is 6.92 Å². The fraction of sp³-hybridized carbons (Fsp3) is 0.333.